The second-order valence-electron chi connectivity index (χ2n) is 5.56. The van der Waals surface area contributed by atoms with E-state index in [2.05, 4.69) is 5.32 Å². The first-order valence-electron chi connectivity index (χ1n) is 7.48. The van der Waals surface area contributed by atoms with Crippen molar-refractivity contribution in [3.05, 3.63) is 58.4 Å². The highest BCUT2D eigenvalue weighted by Gasteiger charge is 2.12. The summed E-state index contributed by atoms with van der Waals surface area (Å²) in [4.78, 5) is 22.7. The summed E-state index contributed by atoms with van der Waals surface area (Å²) in [6.45, 7) is 3.34. The van der Waals surface area contributed by atoms with Crippen LogP contribution in [0.1, 0.15) is 12.5 Å². The predicted octanol–water partition coefficient (Wildman–Crippen LogP) is 3.74. The minimum atomic E-state index is -0.380. The molecule has 0 saturated heterocycles. The minimum Gasteiger partial charge on any atom is -0.496 e. The van der Waals surface area contributed by atoms with Crippen LogP contribution in [0, 0.1) is 6.92 Å². The summed E-state index contributed by atoms with van der Waals surface area (Å²) < 4.78 is 10.7. The number of fused-ring (bicyclic) bond motifs is 1. The second-order valence-corrected chi connectivity index (χ2v) is 5.56. The van der Waals surface area contributed by atoms with Gasteiger partial charge < -0.3 is 14.5 Å². The van der Waals surface area contributed by atoms with Crippen molar-refractivity contribution in [2.75, 3.05) is 12.4 Å². The summed E-state index contributed by atoms with van der Waals surface area (Å²) in [5.41, 5.74) is 3.52. The third-order valence-electron chi connectivity index (χ3n) is 3.79. The molecule has 1 amide bonds. The van der Waals surface area contributed by atoms with Gasteiger partial charge in [0.2, 0.25) is 5.91 Å². The molecule has 0 aliphatic carbocycles. The van der Waals surface area contributed by atoms with Crippen LogP contribution in [0.15, 0.2) is 51.7 Å². The number of nitrogens with one attached hydrogen (secondary N) is 1. The van der Waals surface area contributed by atoms with Crippen molar-refractivity contribution in [1.29, 1.82) is 0 Å². The van der Waals surface area contributed by atoms with Gasteiger partial charge in [0.1, 0.15) is 11.3 Å². The van der Waals surface area contributed by atoms with Gasteiger partial charge in [-0.25, -0.2) is 4.79 Å². The molecule has 1 heterocycles. The molecule has 0 aliphatic rings. The van der Waals surface area contributed by atoms with Crippen LogP contribution in [-0.4, -0.2) is 13.0 Å². The molecule has 1 N–H and O–H groups in total. The van der Waals surface area contributed by atoms with E-state index in [9.17, 15) is 9.59 Å². The van der Waals surface area contributed by atoms with Crippen LogP contribution in [0.4, 0.5) is 5.69 Å². The summed E-state index contributed by atoms with van der Waals surface area (Å²) in [7, 11) is 1.57. The van der Waals surface area contributed by atoms with E-state index in [-0.39, 0.29) is 11.5 Å². The van der Waals surface area contributed by atoms with Gasteiger partial charge >= 0.3 is 5.63 Å². The van der Waals surface area contributed by atoms with Crippen molar-refractivity contribution in [3.63, 3.8) is 0 Å². The van der Waals surface area contributed by atoms with E-state index in [1.807, 2.05) is 37.3 Å². The lowest BCUT2D eigenvalue weighted by Crippen LogP contribution is -2.05. The van der Waals surface area contributed by atoms with Crippen molar-refractivity contribution in [1.82, 2.24) is 0 Å². The maximum Gasteiger partial charge on any atom is 0.336 e. The molecular formula is C19H17NO4. The van der Waals surface area contributed by atoms with Crippen LogP contribution in [0.2, 0.25) is 0 Å². The van der Waals surface area contributed by atoms with E-state index in [0.29, 0.717) is 11.3 Å². The Hall–Kier alpha value is -3.08. The number of hydrogen-bond acceptors (Lipinski definition) is 4. The molecule has 0 unspecified atom stereocenters. The Morgan fingerprint density at radius 3 is 2.46 bits per heavy atom. The Bertz CT molecular complexity index is 971. The Morgan fingerprint density at radius 1 is 1.12 bits per heavy atom. The number of amides is 1. The molecule has 3 rings (SSSR count). The maximum atomic E-state index is 11.5. The number of methoxy groups -OCH3 is 1. The largest absolute Gasteiger partial charge is 0.496 e. The molecule has 24 heavy (non-hydrogen) atoms. The van der Waals surface area contributed by atoms with E-state index in [4.69, 9.17) is 9.15 Å². The maximum absolute atomic E-state index is 11.5. The van der Waals surface area contributed by atoms with Crippen LogP contribution in [-0.2, 0) is 4.79 Å². The number of ether oxygens (including phenoxy) is 1. The van der Waals surface area contributed by atoms with Gasteiger partial charge in [-0.1, -0.05) is 12.1 Å². The average molecular weight is 323 g/mol. The van der Waals surface area contributed by atoms with Crippen molar-refractivity contribution in [2.45, 2.75) is 13.8 Å². The third kappa shape index (κ3) is 3.01. The quantitative estimate of drug-likeness (QED) is 0.746. The van der Waals surface area contributed by atoms with E-state index < -0.39 is 0 Å². The highest BCUT2D eigenvalue weighted by molar-refractivity contribution is 5.91. The minimum absolute atomic E-state index is 0.114. The zero-order valence-corrected chi connectivity index (χ0v) is 13.7. The average Bonchev–Trinajstić information content (AvgIpc) is 2.54. The number of rotatable bonds is 3. The molecule has 3 aromatic rings. The van der Waals surface area contributed by atoms with E-state index in [0.717, 1.165) is 27.8 Å². The van der Waals surface area contributed by atoms with Crippen molar-refractivity contribution >= 4 is 22.6 Å². The molecule has 0 spiro atoms. The molecule has 122 valence electrons. The monoisotopic (exact) mass is 323 g/mol. The fraction of sp³-hybridized carbons (Fsp3) is 0.158. The van der Waals surface area contributed by atoms with Gasteiger partial charge in [-0.2, -0.15) is 0 Å². The Morgan fingerprint density at radius 2 is 1.83 bits per heavy atom. The lowest BCUT2D eigenvalue weighted by Gasteiger charge is -2.12. The number of carbonyl (C=O) groups is 1. The van der Waals surface area contributed by atoms with Gasteiger partial charge in [0.25, 0.3) is 0 Å². The summed E-state index contributed by atoms with van der Waals surface area (Å²) in [5, 5.41) is 3.59. The lowest BCUT2D eigenvalue weighted by atomic mass is 10.0. The highest BCUT2D eigenvalue weighted by atomic mass is 16.5. The third-order valence-corrected chi connectivity index (χ3v) is 3.79. The molecule has 0 saturated carbocycles. The number of hydrogen-bond donors (Lipinski definition) is 1. The van der Waals surface area contributed by atoms with Gasteiger partial charge in [0, 0.05) is 35.7 Å². The second kappa shape index (κ2) is 6.20. The molecule has 5 heteroatoms. The van der Waals surface area contributed by atoms with Crippen molar-refractivity contribution in [3.8, 4) is 16.9 Å². The van der Waals surface area contributed by atoms with Gasteiger partial charge in [-0.05, 0) is 36.2 Å². The van der Waals surface area contributed by atoms with Crippen LogP contribution >= 0.6 is 0 Å². The SMILES string of the molecule is COc1cc2oc(=O)cc(C)c2cc1-c1ccc(NC(C)=O)cc1. The van der Waals surface area contributed by atoms with Crippen LogP contribution in [0.5, 0.6) is 5.75 Å². The van der Waals surface area contributed by atoms with Gasteiger partial charge in [-0.15, -0.1) is 0 Å². The number of anilines is 1. The highest BCUT2D eigenvalue weighted by Crippen LogP contribution is 2.35. The van der Waals surface area contributed by atoms with E-state index in [1.54, 1.807) is 13.2 Å². The first kappa shape index (κ1) is 15.8. The van der Waals surface area contributed by atoms with Gasteiger partial charge in [-0.3, -0.25) is 4.79 Å². The predicted molar refractivity (Wildman–Crippen MR) is 93.5 cm³/mol. The van der Waals surface area contributed by atoms with Crippen molar-refractivity contribution in [2.24, 2.45) is 0 Å². The molecular weight excluding hydrogens is 306 g/mol. The fourth-order valence-electron chi connectivity index (χ4n) is 2.68. The summed E-state index contributed by atoms with van der Waals surface area (Å²) in [6.07, 6.45) is 0. The van der Waals surface area contributed by atoms with Crippen LogP contribution in [0.25, 0.3) is 22.1 Å². The number of benzene rings is 2. The topological polar surface area (TPSA) is 68.5 Å². The molecule has 0 radical (unpaired) electrons. The molecule has 0 bridgehead atoms. The molecule has 0 atom stereocenters. The lowest BCUT2D eigenvalue weighted by molar-refractivity contribution is -0.114. The molecule has 0 fully saturated rings. The van der Waals surface area contributed by atoms with Crippen LogP contribution < -0.4 is 15.7 Å². The number of aryl methyl sites for hydroxylation is 1. The molecule has 0 aliphatic heterocycles. The normalized spacial score (nSPS) is 10.6. The Balaban J connectivity index is 2.14. The molecule has 1 aromatic heterocycles. The zero-order valence-electron chi connectivity index (χ0n) is 13.7. The van der Waals surface area contributed by atoms with E-state index >= 15 is 0 Å². The molecule has 2 aromatic carbocycles. The summed E-state index contributed by atoms with van der Waals surface area (Å²) in [5.74, 6) is 0.500. The Labute approximate surface area is 138 Å². The van der Waals surface area contributed by atoms with Crippen molar-refractivity contribution < 1.29 is 13.9 Å². The van der Waals surface area contributed by atoms with Gasteiger partial charge in [0.15, 0.2) is 0 Å². The number of carbonyl (C=O) groups excluding carboxylic acids is 1. The first-order valence-corrected chi connectivity index (χ1v) is 7.48. The summed E-state index contributed by atoms with van der Waals surface area (Å²) in [6, 6.07) is 12.6. The fourth-order valence-corrected chi connectivity index (χ4v) is 2.68. The van der Waals surface area contributed by atoms with Gasteiger partial charge in [0.05, 0.1) is 7.11 Å². The smallest absolute Gasteiger partial charge is 0.336 e. The summed E-state index contributed by atoms with van der Waals surface area (Å²) >= 11 is 0. The zero-order chi connectivity index (χ0) is 17.3. The molecule has 5 nitrogen and oxygen atoms in total. The first-order chi connectivity index (χ1) is 11.5. The Kier molecular flexibility index (Phi) is 4.08. The van der Waals surface area contributed by atoms with E-state index in [1.165, 1.54) is 13.0 Å². The standard InChI is InChI=1S/C19H17NO4/c1-11-8-19(22)24-18-10-17(23-3)16(9-15(11)18)13-4-6-14(7-5-13)20-12(2)21/h4-10H,1-3H3,(H,20,21). The van der Waals surface area contributed by atoms with Crippen LogP contribution in [0.3, 0.4) is 0 Å².